The highest BCUT2D eigenvalue weighted by Crippen LogP contribution is 2.38. The molecule has 0 fully saturated rings. The molecular weight excluding hydrogens is 442 g/mol. The van der Waals surface area contributed by atoms with Crippen LogP contribution >= 0.6 is 0 Å². The number of hydrogen-bond acceptors (Lipinski definition) is 3. The molecule has 1 aliphatic carbocycles. The molecule has 7 nitrogen and oxygen atoms in total. The molecule has 1 aromatic heterocycles. The van der Waals surface area contributed by atoms with E-state index in [-0.39, 0.29) is 17.4 Å². The van der Waals surface area contributed by atoms with Gasteiger partial charge in [-0.2, -0.15) is 0 Å². The van der Waals surface area contributed by atoms with Crippen LogP contribution in [-0.2, 0) is 17.6 Å². The van der Waals surface area contributed by atoms with E-state index in [1.807, 2.05) is 6.08 Å². The van der Waals surface area contributed by atoms with Crippen LogP contribution in [-0.4, -0.2) is 27.9 Å². The summed E-state index contributed by atoms with van der Waals surface area (Å²) in [5.74, 6) is -1.24. The average molecular weight is 470 g/mol. The average Bonchev–Trinajstić information content (AvgIpc) is 3.36. The van der Waals surface area contributed by atoms with Gasteiger partial charge in [0.05, 0.1) is 11.1 Å². The van der Waals surface area contributed by atoms with Gasteiger partial charge < -0.3 is 20.7 Å². The monoisotopic (exact) mass is 469 g/mol. The van der Waals surface area contributed by atoms with Crippen LogP contribution in [0.1, 0.15) is 81.4 Å². The Morgan fingerprint density at radius 3 is 2.46 bits per heavy atom. The molecule has 0 saturated heterocycles. The van der Waals surface area contributed by atoms with Crippen LogP contribution in [0.5, 0.6) is 0 Å². The number of aromatic amines is 1. The highest BCUT2D eigenvalue weighted by molar-refractivity contribution is 6.35. The van der Waals surface area contributed by atoms with E-state index in [4.69, 9.17) is 5.11 Å². The van der Waals surface area contributed by atoms with Crippen molar-refractivity contribution in [3.05, 3.63) is 81.7 Å². The number of fused-ring (bicyclic) bond motifs is 2. The number of hydrogen-bond donors (Lipinski definition) is 4. The number of H-pyrrole nitrogens is 1. The number of aromatic nitrogens is 1. The van der Waals surface area contributed by atoms with Crippen molar-refractivity contribution in [3.8, 4) is 0 Å². The van der Waals surface area contributed by atoms with Crippen molar-refractivity contribution in [1.29, 1.82) is 0 Å². The number of aromatic carboxylic acids is 1. The van der Waals surface area contributed by atoms with Crippen LogP contribution in [0.2, 0.25) is 0 Å². The Morgan fingerprint density at radius 1 is 1.03 bits per heavy atom. The van der Waals surface area contributed by atoms with Crippen molar-refractivity contribution in [2.45, 2.75) is 45.4 Å². The minimum atomic E-state index is -1.05. The smallest absolute Gasteiger partial charge is 0.335 e. The minimum absolute atomic E-state index is 0.116. The molecule has 0 unspecified atom stereocenters. The lowest BCUT2D eigenvalue weighted by atomic mass is 9.89. The first-order valence-corrected chi connectivity index (χ1v) is 11.9. The quantitative estimate of drug-likeness (QED) is 0.372. The fourth-order valence-corrected chi connectivity index (χ4v) is 5.03. The molecule has 2 amide bonds. The van der Waals surface area contributed by atoms with Gasteiger partial charge in [0.1, 0.15) is 0 Å². The highest BCUT2D eigenvalue weighted by atomic mass is 16.4. The third kappa shape index (κ3) is 4.25. The standard InChI is InChI=1S/C28H27N3O4/c1-15(2)25-19-5-3-4-6-22(19)30-24(25)14-21-20-13-18(11-12-23(20)31-27(21)33)29-26(32)16-7-9-17(10-8-16)28(34)35/h7-15,30H,3-6H2,1-2H3,(H,29,32)(H,31,33)(H,34,35). The van der Waals surface area contributed by atoms with Gasteiger partial charge in [-0.3, -0.25) is 9.59 Å². The van der Waals surface area contributed by atoms with Crippen LogP contribution in [0, 0.1) is 0 Å². The van der Waals surface area contributed by atoms with Gasteiger partial charge in [-0.15, -0.1) is 0 Å². The lowest BCUT2D eigenvalue weighted by Gasteiger charge is -2.14. The summed E-state index contributed by atoms with van der Waals surface area (Å²) in [5, 5.41) is 14.8. The van der Waals surface area contributed by atoms with Crippen molar-refractivity contribution in [2.75, 3.05) is 10.6 Å². The van der Waals surface area contributed by atoms with Crippen molar-refractivity contribution in [3.63, 3.8) is 0 Å². The van der Waals surface area contributed by atoms with Crippen molar-refractivity contribution < 1.29 is 19.5 Å². The second-order valence-corrected chi connectivity index (χ2v) is 9.38. The maximum absolute atomic E-state index is 12.9. The summed E-state index contributed by atoms with van der Waals surface area (Å²) >= 11 is 0. The summed E-state index contributed by atoms with van der Waals surface area (Å²) < 4.78 is 0. The molecule has 5 rings (SSSR count). The second kappa shape index (κ2) is 8.91. The number of carbonyl (C=O) groups is 3. The Balaban J connectivity index is 1.46. The molecule has 4 N–H and O–H groups in total. The second-order valence-electron chi connectivity index (χ2n) is 9.38. The number of benzene rings is 2. The largest absolute Gasteiger partial charge is 0.478 e. The van der Waals surface area contributed by atoms with Crippen molar-refractivity contribution in [2.24, 2.45) is 0 Å². The highest BCUT2D eigenvalue weighted by Gasteiger charge is 2.27. The molecule has 1 aliphatic heterocycles. The first kappa shape index (κ1) is 22.7. The van der Waals surface area contributed by atoms with Gasteiger partial charge in [0.2, 0.25) is 0 Å². The van der Waals surface area contributed by atoms with E-state index in [0.717, 1.165) is 24.1 Å². The summed E-state index contributed by atoms with van der Waals surface area (Å²) in [6.07, 6.45) is 6.39. The van der Waals surface area contributed by atoms with Crippen molar-refractivity contribution in [1.82, 2.24) is 4.98 Å². The van der Waals surface area contributed by atoms with Gasteiger partial charge in [-0.1, -0.05) is 13.8 Å². The predicted molar refractivity (Wildman–Crippen MR) is 136 cm³/mol. The number of anilines is 2. The van der Waals surface area contributed by atoms with Gasteiger partial charge in [-0.25, -0.2) is 4.79 Å². The Bertz CT molecular complexity index is 1380. The zero-order valence-corrected chi connectivity index (χ0v) is 19.7. The maximum atomic E-state index is 12.9. The molecule has 3 aromatic rings. The minimum Gasteiger partial charge on any atom is -0.478 e. The van der Waals surface area contributed by atoms with Crippen molar-refractivity contribution >= 4 is 40.8 Å². The lowest BCUT2D eigenvalue weighted by Crippen LogP contribution is -2.12. The molecule has 0 saturated carbocycles. The van der Waals surface area contributed by atoms with Gasteiger partial charge >= 0.3 is 5.97 Å². The summed E-state index contributed by atoms with van der Waals surface area (Å²) in [4.78, 5) is 40.2. The summed E-state index contributed by atoms with van der Waals surface area (Å²) in [6.45, 7) is 4.36. The number of carboxylic acids is 1. The van der Waals surface area contributed by atoms with E-state index in [1.54, 1.807) is 18.2 Å². The summed E-state index contributed by atoms with van der Waals surface area (Å²) in [5.41, 5.74) is 7.94. The van der Waals surface area contributed by atoms with E-state index < -0.39 is 5.97 Å². The Labute approximate surface area is 203 Å². The molecule has 178 valence electrons. The number of carbonyl (C=O) groups excluding carboxylic acids is 2. The number of amides is 2. The van der Waals surface area contributed by atoms with E-state index >= 15 is 0 Å². The molecule has 2 heterocycles. The maximum Gasteiger partial charge on any atom is 0.335 e. The lowest BCUT2D eigenvalue weighted by molar-refractivity contribution is -0.110. The first-order valence-electron chi connectivity index (χ1n) is 11.9. The van der Waals surface area contributed by atoms with Crippen LogP contribution in [0.4, 0.5) is 11.4 Å². The topological polar surface area (TPSA) is 111 Å². The Morgan fingerprint density at radius 2 is 1.74 bits per heavy atom. The number of rotatable bonds is 5. The SMILES string of the molecule is CC(C)c1c(C=C2C(=O)Nc3ccc(NC(=O)c4ccc(C(=O)O)cc4)cc32)[nH]c2c1CCCC2. The number of nitrogens with one attached hydrogen (secondary N) is 3. The summed E-state index contributed by atoms with van der Waals surface area (Å²) in [6, 6.07) is 11.0. The normalized spacial score (nSPS) is 15.6. The number of carboxylic acid groups (broad SMARTS) is 1. The molecule has 0 atom stereocenters. The van der Waals surface area contributed by atoms with Gasteiger partial charge in [-0.05, 0) is 91.3 Å². The van der Waals surface area contributed by atoms with Gasteiger partial charge in [0.15, 0.2) is 0 Å². The number of aryl methyl sites for hydroxylation is 1. The van der Waals surface area contributed by atoms with Crippen LogP contribution < -0.4 is 10.6 Å². The predicted octanol–water partition coefficient (Wildman–Crippen LogP) is 5.46. The third-order valence-corrected chi connectivity index (χ3v) is 6.69. The zero-order chi connectivity index (χ0) is 24.7. The van der Waals surface area contributed by atoms with Gasteiger partial charge in [0.25, 0.3) is 11.8 Å². The fraction of sp³-hybridized carbons (Fsp3) is 0.250. The Kier molecular flexibility index (Phi) is 5.76. The van der Waals surface area contributed by atoms with E-state index in [9.17, 15) is 14.4 Å². The van der Waals surface area contributed by atoms with E-state index in [1.165, 1.54) is 53.9 Å². The molecule has 35 heavy (non-hydrogen) atoms. The van der Waals surface area contributed by atoms with Crippen LogP contribution in [0.3, 0.4) is 0 Å². The van der Waals surface area contributed by atoms with Crippen LogP contribution in [0.25, 0.3) is 11.6 Å². The summed E-state index contributed by atoms with van der Waals surface area (Å²) in [7, 11) is 0. The molecule has 0 radical (unpaired) electrons. The molecule has 0 spiro atoms. The Hall–Kier alpha value is -4.13. The fourth-order valence-electron chi connectivity index (χ4n) is 5.03. The molecule has 7 heteroatoms. The van der Waals surface area contributed by atoms with E-state index in [0.29, 0.717) is 28.4 Å². The molecule has 2 aromatic carbocycles. The van der Waals surface area contributed by atoms with Crippen LogP contribution in [0.15, 0.2) is 42.5 Å². The van der Waals surface area contributed by atoms with E-state index in [2.05, 4.69) is 29.5 Å². The third-order valence-electron chi connectivity index (χ3n) is 6.69. The zero-order valence-electron chi connectivity index (χ0n) is 19.7. The first-order chi connectivity index (χ1) is 16.8. The molecule has 0 bridgehead atoms. The molecule has 2 aliphatic rings. The molecular formula is C28H27N3O4. The van der Waals surface area contributed by atoms with Gasteiger partial charge in [0, 0.05) is 33.9 Å².